The Morgan fingerprint density at radius 3 is 2.39 bits per heavy atom. The van der Waals surface area contributed by atoms with E-state index in [1.807, 2.05) is 6.08 Å². The van der Waals surface area contributed by atoms with Crippen molar-refractivity contribution >= 4 is 22.6 Å². The van der Waals surface area contributed by atoms with Crippen LogP contribution in [0.15, 0.2) is 61.3 Å². The number of hydrogen-bond donors (Lipinski definition) is 2. The molecular formula is C29H28F6N4O2. The molecule has 0 spiro atoms. The van der Waals surface area contributed by atoms with Gasteiger partial charge in [0.05, 0.1) is 29.8 Å². The Bertz CT molecular complexity index is 1430. The summed E-state index contributed by atoms with van der Waals surface area (Å²) >= 11 is 0. The van der Waals surface area contributed by atoms with Gasteiger partial charge in [-0.05, 0) is 79.3 Å². The maximum Gasteiger partial charge on any atom is 0.416 e. The van der Waals surface area contributed by atoms with Gasteiger partial charge in [0.1, 0.15) is 5.75 Å². The predicted octanol–water partition coefficient (Wildman–Crippen LogP) is 7.04. The van der Waals surface area contributed by atoms with Gasteiger partial charge in [-0.25, -0.2) is 4.79 Å². The lowest BCUT2D eigenvalue weighted by Crippen LogP contribution is -2.57. The molecule has 6 rings (SSSR count). The molecule has 3 unspecified atom stereocenters. The van der Waals surface area contributed by atoms with E-state index in [0.717, 1.165) is 25.9 Å². The van der Waals surface area contributed by atoms with Crippen LogP contribution in [0.3, 0.4) is 0 Å². The Labute approximate surface area is 232 Å². The van der Waals surface area contributed by atoms with E-state index in [2.05, 4.69) is 27.1 Å². The minimum absolute atomic E-state index is 0.0183. The summed E-state index contributed by atoms with van der Waals surface area (Å²) in [6.07, 6.45) is -4.87. The van der Waals surface area contributed by atoms with Gasteiger partial charge >= 0.3 is 18.4 Å². The highest BCUT2D eigenvalue weighted by Crippen LogP contribution is 2.43. The Morgan fingerprint density at radius 2 is 1.80 bits per heavy atom. The average Bonchev–Trinajstić information content (AvgIpc) is 2.94. The van der Waals surface area contributed by atoms with Crippen LogP contribution < -0.4 is 15.4 Å². The standard InChI is InChI=1S/C29H28F6N4O2/c1-3-16-15-39-9-7-17(16)10-25(39)26(22-6-8-36-24-5-4-21(41-2)14-23(22)24)38-27(40)37-20-12-18(28(30,31)32)11-19(13-20)29(33,34)35/h3-6,8,11-14,16-17,25-26H,1,7,9-10,15H2,2H3,(H2,37,38,40)/t16?,17?,25-,26-/m1/s1. The Morgan fingerprint density at radius 1 is 1.10 bits per heavy atom. The summed E-state index contributed by atoms with van der Waals surface area (Å²) in [4.78, 5) is 19.9. The fourth-order valence-corrected chi connectivity index (χ4v) is 5.99. The van der Waals surface area contributed by atoms with Crippen molar-refractivity contribution in [3.8, 4) is 5.75 Å². The predicted molar refractivity (Wildman–Crippen MR) is 141 cm³/mol. The van der Waals surface area contributed by atoms with Gasteiger partial charge in [0.15, 0.2) is 0 Å². The lowest BCUT2D eigenvalue weighted by atomic mass is 9.73. The number of nitrogens with zero attached hydrogens (tertiary/aromatic N) is 2. The van der Waals surface area contributed by atoms with Crippen molar-refractivity contribution in [3.05, 3.63) is 78.0 Å². The first kappa shape index (κ1) is 28.7. The van der Waals surface area contributed by atoms with Crippen LogP contribution in [0.5, 0.6) is 5.75 Å². The van der Waals surface area contributed by atoms with Crippen LogP contribution in [0.2, 0.25) is 0 Å². The van der Waals surface area contributed by atoms with E-state index >= 15 is 0 Å². The number of ether oxygens (including phenoxy) is 1. The molecule has 0 saturated carbocycles. The largest absolute Gasteiger partial charge is 0.497 e. The number of halogens is 6. The Kier molecular flexibility index (Phi) is 7.62. The van der Waals surface area contributed by atoms with Crippen LogP contribution in [-0.2, 0) is 12.4 Å². The monoisotopic (exact) mass is 578 g/mol. The lowest BCUT2D eigenvalue weighted by molar-refractivity contribution is -0.143. The normalized spacial score (nSPS) is 23.2. The highest BCUT2D eigenvalue weighted by molar-refractivity contribution is 5.91. The molecule has 3 aliphatic rings. The minimum Gasteiger partial charge on any atom is -0.497 e. The molecular weight excluding hydrogens is 550 g/mol. The number of amides is 2. The van der Waals surface area contributed by atoms with Gasteiger partial charge in [-0.15, -0.1) is 6.58 Å². The summed E-state index contributed by atoms with van der Waals surface area (Å²) in [5, 5.41) is 5.79. The molecule has 6 nitrogen and oxygen atoms in total. The zero-order valence-corrected chi connectivity index (χ0v) is 22.0. The van der Waals surface area contributed by atoms with Crippen LogP contribution in [0.4, 0.5) is 36.8 Å². The van der Waals surface area contributed by atoms with E-state index in [0.29, 0.717) is 40.3 Å². The molecule has 2 bridgehead atoms. The summed E-state index contributed by atoms with van der Waals surface area (Å²) < 4.78 is 85.7. The second-order valence-corrected chi connectivity index (χ2v) is 10.4. The number of benzene rings is 2. The molecule has 218 valence electrons. The molecule has 0 radical (unpaired) electrons. The SMILES string of the molecule is C=CC1CN2CCC1C[C@@H]2[C@H](NC(=O)Nc1cc(C(F)(F)F)cc(C(F)(F)F)c1)c1ccnc2ccc(OC)cc12. The molecule has 2 aromatic carbocycles. The summed E-state index contributed by atoms with van der Waals surface area (Å²) in [5.74, 6) is 1.18. The number of rotatable bonds is 6. The van der Waals surface area contributed by atoms with Crippen LogP contribution in [0.25, 0.3) is 10.9 Å². The number of hydrogen-bond acceptors (Lipinski definition) is 4. The number of methoxy groups -OCH3 is 1. The van der Waals surface area contributed by atoms with Gasteiger partial charge in [-0.1, -0.05) is 6.08 Å². The molecule has 3 aromatic rings. The molecule has 2 amide bonds. The van der Waals surface area contributed by atoms with Gasteiger partial charge in [-0.3, -0.25) is 9.88 Å². The number of aromatic nitrogens is 1. The number of alkyl halides is 6. The number of carbonyl (C=O) groups excluding carboxylic acids is 1. The molecule has 5 atom stereocenters. The van der Waals surface area contributed by atoms with E-state index in [4.69, 9.17) is 4.74 Å². The maximum absolute atomic E-state index is 13.4. The minimum atomic E-state index is -5.04. The first-order valence-electron chi connectivity index (χ1n) is 13.0. The van der Waals surface area contributed by atoms with Gasteiger partial charge in [0, 0.05) is 29.9 Å². The number of carbonyl (C=O) groups is 1. The molecule has 0 aliphatic carbocycles. The number of pyridine rings is 1. The zero-order chi connectivity index (χ0) is 29.5. The van der Waals surface area contributed by atoms with E-state index in [1.54, 1.807) is 30.5 Å². The third-order valence-corrected chi connectivity index (χ3v) is 7.99. The second kappa shape index (κ2) is 10.9. The lowest BCUT2D eigenvalue weighted by Gasteiger charge is -2.51. The van der Waals surface area contributed by atoms with Crippen LogP contribution in [0.1, 0.15) is 35.6 Å². The van der Waals surface area contributed by atoms with Crippen molar-refractivity contribution in [3.63, 3.8) is 0 Å². The van der Waals surface area contributed by atoms with Crippen LogP contribution in [0, 0.1) is 11.8 Å². The third kappa shape index (κ3) is 5.97. The van der Waals surface area contributed by atoms with Gasteiger partial charge in [-0.2, -0.15) is 26.3 Å². The van der Waals surface area contributed by atoms with Gasteiger partial charge in [0.25, 0.3) is 0 Å². The van der Waals surface area contributed by atoms with Crippen LogP contribution >= 0.6 is 0 Å². The van der Waals surface area contributed by atoms with Gasteiger partial charge in [0.2, 0.25) is 0 Å². The molecule has 12 heteroatoms. The number of urea groups is 1. The quantitative estimate of drug-likeness (QED) is 0.243. The molecule has 3 aliphatic heterocycles. The molecule has 3 fully saturated rings. The summed E-state index contributed by atoms with van der Waals surface area (Å²) in [5.41, 5.74) is -2.31. The smallest absolute Gasteiger partial charge is 0.416 e. The van der Waals surface area contributed by atoms with E-state index in [-0.39, 0.29) is 18.0 Å². The van der Waals surface area contributed by atoms with E-state index < -0.39 is 41.2 Å². The van der Waals surface area contributed by atoms with Crippen molar-refractivity contribution in [2.24, 2.45) is 11.8 Å². The number of anilines is 1. The fraction of sp³-hybridized carbons (Fsp3) is 0.379. The van der Waals surface area contributed by atoms with Crippen LogP contribution in [-0.4, -0.2) is 42.2 Å². The zero-order valence-electron chi connectivity index (χ0n) is 22.0. The van der Waals surface area contributed by atoms with Crippen molar-refractivity contribution in [1.82, 2.24) is 15.2 Å². The number of nitrogens with one attached hydrogen (secondary N) is 2. The Balaban J connectivity index is 1.51. The van der Waals surface area contributed by atoms with Crippen molar-refractivity contribution < 1.29 is 35.9 Å². The Hall–Kier alpha value is -3.80. The molecule has 41 heavy (non-hydrogen) atoms. The highest BCUT2D eigenvalue weighted by atomic mass is 19.4. The first-order valence-corrected chi connectivity index (χ1v) is 13.0. The molecule has 3 saturated heterocycles. The topological polar surface area (TPSA) is 66.5 Å². The van der Waals surface area contributed by atoms with Crippen molar-refractivity contribution in [2.45, 2.75) is 37.3 Å². The second-order valence-electron chi connectivity index (χ2n) is 10.4. The van der Waals surface area contributed by atoms with E-state index in [9.17, 15) is 31.1 Å². The molecule has 1 aromatic heterocycles. The first-order chi connectivity index (χ1) is 19.4. The summed E-state index contributed by atoms with van der Waals surface area (Å²) in [7, 11) is 1.52. The molecule has 2 N–H and O–H groups in total. The van der Waals surface area contributed by atoms with Crippen molar-refractivity contribution in [2.75, 3.05) is 25.5 Å². The fourth-order valence-electron chi connectivity index (χ4n) is 5.99. The highest BCUT2D eigenvalue weighted by Gasteiger charge is 2.43. The molecule has 4 heterocycles. The summed E-state index contributed by atoms with van der Waals surface area (Å²) in [6, 6.07) is 6.28. The summed E-state index contributed by atoms with van der Waals surface area (Å²) in [6.45, 7) is 5.46. The number of fused-ring (bicyclic) bond motifs is 4. The average molecular weight is 579 g/mol. The van der Waals surface area contributed by atoms with E-state index in [1.165, 1.54) is 7.11 Å². The van der Waals surface area contributed by atoms with Gasteiger partial charge < -0.3 is 15.4 Å². The third-order valence-electron chi connectivity index (χ3n) is 7.99. The van der Waals surface area contributed by atoms with Crippen molar-refractivity contribution in [1.29, 1.82) is 0 Å². The maximum atomic E-state index is 13.4. The number of piperidine rings is 3.